The average molecular weight is 416 g/mol. The Morgan fingerprint density at radius 3 is 2.60 bits per heavy atom. The van der Waals surface area contributed by atoms with Crippen LogP contribution in [-0.4, -0.2) is 55.2 Å². The van der Waals surface area contributed by atoms with E-state index in [2.05, 4.69) is 11.4 Å². The van der Waals surface area contributed by atoms with Gasteiger partial charge in [-0.1, -0.05) is 19.3 Å². The Hall–Kier alpha value is -3.19. The molecule has 0 bridgehead atoms. The zero-order valence-electron chi connectivity index (χ0n) is 16.6. The van der Waals surface area contributed by atoms with Crippen molar-refractivity contribution in [2.75, 3.05) is 37.8 Å². The molecule has 0 spiro atoms. The zero-order chi connectivity index (χ0) is 21.6. The first-order valence-electron chi connectivity index (χ1n) is 9.95. The Morgan fingerprint density at radius 1 is 1.27 bits per heavy atom. The maximum absolute atomic E-state index is 12.3. The van der Waals surface area contributed by atoms with Crippen molar-refractivity contribution in [1.29, 1.82) is 5.26 Å². The van der Waals surface area contributed by atoms with E-state index in [0.29, 0.717) is 44.8 Å². The standard InChI is InChI=1S/C20H24N4O6/c21-14-20(6-2-1-3-7-20)22-18(25)13-30-19(26)15-4-5-16(17(12-15)24(27)28)23-8-10-29-11-9-23/h4-5,12H,1-3,6-11,13H2,(H,22,25). The summed E-state index contributed by atoms with van der Waals surface area (Å²) >= 11 is 0. The molecule has 1 saturated carbocycles. The molecule has 1 saturated heterocycles. The molecule has 0 radical (unpaired) electrons. The van der Waals surface area contributed by atoms with Crippen LogP contribution in [0.2, 0.25) is 0 Å². The molecule has 3 rings (SSSR count). The molecule has 1 aromatic rings. The van der Waals surface area contributed by atoms with Crippen LogP contribution in [0.3, 0.4) is 0 Å². The number of ether oxygens (including phenoxy) is 2. The van der Waals surface area contributed by atoms with E-state index in [-0.39, 0.29) is 11.3 Å². The highest BCUT2D eigenvalue weighted by Crippen LogP contribution is 2.30. The summed E-state index contributed by atoms with van der Waals surface area (Å²) in [5, 5.41) is 23.6. The molecule has 0 atom stereocenters. The second-order valence-electron chi connectivity index (χ2n) is 7.44. The lowest BCUT2D eigenvalue weighted by Crippen LogP contribution is -2.50. The third kappa shape index (κ3) is 5.04. The smallest absolute Gasteiger partial charge is 0.338 e. The van der Waals surface area contributed by atoms with Crippen LogP contribution in [0, 0.1) is 21.4 Å². The van der Waals surface area contributed by atoms with E-state index in [0.717, 1.165) is 25.3 Å². The number of esters is 1. The minimum absolute atomic E-state index is 0.0147. The molecule has 0 unspecified atom stereocenters. The number of nitro benzene ring substituents is 1. The third-order valence-electron chi connectivity index (χ3n) is 5.39. The van der Waals surface area contributed by atoms with Crippen molar-refractivity contribution in [2.24, 2.45) is 0 Å². The summed E-state index contributed by atoms with van der Waals surface area (Å²) in [5.41, 5.74) is -0.730. The van der Waals surface area contributed by atoms with Crippen molar-refractivity contribution in [3.63, 3.8) is 0 Å². The third-order valence-corrected chi connectivity index (χ3v) is 5.39. The number of rotatable bonds is 6. The number of benzene rings is 1. The summed E-state index contributed by atoms with van der Waals surface area (Å²) in [6.45, 7) is 1.43. The number of nitriles is 1. The van der Waals surface area contributed by atoms with E-state index in [1.807, 2.05) is 4.90 Å². The predicted octanol–water partition coefficient (Wildman–Crippen LogP) is 1.93. The topological polar surface area (TPSA) is 135 Å². The Balaban J connectivity index is 1.63. The highest BCUT2D eigenvalue weighted by Gasteiger charge is 2.33. The number of anilines is 1. The molecule has 1 aliphatic heterocycles. The minimum atomic E-state index is -0.916. The first kappa shape index (κ1) is 21.5. The van der Waals surface area contributed by atoms with E-state index in [9.17, 15) is 25.0 Å². The van der Waals surface area contributed by atoms with Crippen LogP contribution >= 0.6 is 0 Å². The first-order chi connectivity index (χ1) is 14.4. The SMILES string of the molecule is N#CC1(NC(=O)COC(=O)c2ccc(N3CCOCC3)c([N+](=O)[O-])c2)CCCCC1. The second-order valence-corrected chi connectivity index (χ2v) is 7.44. The number of nitro groups is 1. The van der Waals surface area contributed by atoms with Gasteiger partial charge in [-0.3, -0.25) is 14.9 Å². The van der Waals surface area contributed by atoms with Gasteiger partial charge in [0.15, 0.2) is 6.61 Å². The molecule has 2 fully saturated rings. The Bertz CT molecular complexity index is 853. The fraction of sp³-hybridized carbons (Fsp3) is 0.550. The summed E-state index contributed by atoms with van der Waals surface area (Å²) in [4.78, 5) is 37.3. The molecule has 30 heavy (non-hydrogen) atoms. The number of carbonyl (C=O) groups is 2. The van der Waals surface area contributed by atoms with Gasteiger partial charge in [0, 0.05) is 19.2 Å². The number of amides is 1. The van der Waals surface area contributed by atoms with Gasteiger partial charge in [-0.2, -0.15) is 5.26 Å². The quantitative estimate of drug-likeness (QED) is 0.422. The molecule has 10 heteroatoms. The lowest BCUT2D eigenvalue weighted by atomic mass is 9.83. The Kier molecular flexibility index (Phi) is 6.84. The normalized spacial score (nSPS) is 18.2. The molecule has 1 amide bonds. The molecule has 2 aliphatic rings. The highest BCUT2D eigenvalue weighted by atomic mass is 16.6. The molecular formula is C20H24N4O6. The monoisotopic (exact) mass is 416 g/mol. The fourth-order valence-corrected chi connectivity index (χ4v) is 3.81. The van der Waals surface area contributed by atoms with Crippen LogP contribution in [-0.2, 0) is 14.3 Å². The maximum Gasteiger partial charge on any atom is 0.338 e. The Morgan fingerprint density at radius 2 is 1.97 bits per heavy atom. The number of hydrogen-bond acceptors (Lipinski definition) is 8. The van der Waals surface area contributed by atoms with Gasteiger partial charge >= 0.3 is 5.97 Å². The summed E-state index contributed by atoms with van der Waals surface area (Å²) < 4.78 is 10.3. The largest absolute Gasteiger partial charge is 0.452 e. The Labute approximate surface area is 173 Å². The number of hydrogen-bond donors (Lipinski definition) is 1. The lowest BCUT2D eigenvalue weighted by Gasteiger charge is -2.31. The number of nitrogens with one attached hydrogen (secondary N) is 1. The highest BCUT2D eigenvalue weighted by molar-refractivity contribution is 5.93. The van der Waals surface area contributed by atoms with E-state index in [1.54, 1.807) is 0 Å². The first-order valence-corrected chi connectivity index (χ1v) is 9.95. The van der Waals surface area contributed by atoms with Crippen LogP contribution in [0.1, 0.15) is 42.5 Å². The minimum Gasteiger partial charge on any atom is -0.452 e. The number of carbonyl (C=O) groups excluding carboxylic acids is 2. The molecule has 160 valence electrons. The van der Waals surface area contributed by atoms with Gasteiger partial charge in [0.25, 0.3) is 11.6 Å². The zero-order valence-corrected chi connectivity index (χ0v) is 16.6. The van der Waals surface area contributed by atoms with Crippen molar-refractivity contribution in [3.05, 3.63) is 33.9 Å². The molecule has 0 aromatic heterocycles. The van der Waals surface area contributed by atoms with Gasteiger partial charge < -0.3 is 19.7 Å². The van der Waals surface area contributed by atoms with Gasteiger partial charge in [-0.25, -0.2) is 4.79 Å². The number of nitrogens with zero attached hydrogens (tertiary/aromatic N) is 3. The molecule has 10 nitrogen and oxygen atoms in total. The van der Waals surface area contributed by atoms with Crippen molar-refractivity contribution < 1.29 is 24.0 Å². The van der Waals surface area contributed by atoms with E-state index in [4.69, 9.17) is 9.47 Å². The van der Waals surface area contributed by atoms with Gasteiger partial charge in [0.05, 0.1) is 29.8 Å². The van der Waals surface area contributed by atoms with E-state index < -0.39 is 28.9 Å². The fourth-order valence-electron chi connectivity index (χ4n) is 3.81. The maximum atomic E-state index is 12.3. The molecule has 1 aromatic carbocycles. The summed E-state index contributed by atoms with van der Waals surface area (Å²) in [6.07, 6.45) is 3.86. The van der Waals surface area contributed by atoms with Crippen LogP contribution in [0.4, 0.5) is 11.4 Å². The summed E-state index contributed by atoms with van der Waals surface area (Å²) in [5.74, 6) is -1.40. The van der Waals surface area contributed by atoms with Crippen molar-refractivity contribution in [3.8, 4) is 6.07 Å². The summed E-state index contributed by atoms with van der Waals surface area (Å²) in [7, 11) is 0. The van der Waals surface area contributed by atoms with Crippen LogP contribution < -0.4 is 10.2 Å². The van der Waals surface area contributed by atoms with Gasteiger partial charge in [-0.15, -0.1) is 0 Å². The van der Waals surface area contributed by atoms with Gasteiger partial charge in [-0.05, 0) is 25.0 Å². The molecule has 1 N–H and O–H groups in total. The van der Waals surface area contributed by atoms with Crippen molar-refractivity contribution in [2.45, 2.75) is 37.6 Å². The van der Waals surface area contributed by atoms with Crippen LogP contribution in [0.25, 0.3) is 0 Å². The van der Waals surface area contributed by atoms with Crippen LogP contribution in [0.5, 0.6) is 0 Å². The van der Waals surface area contributed by atoms with Crippen molar-refractivity contribution in [1.82, 2.24) is 5.32 Å². The molecule has 1 heterocycles. The average Bonchev–Trinajstić information content (AvgIpc) is 2.78. The molecular weight excluding hydrogens is 392 g/mol. The van der Waals surface area contributed by atoms with E-state index >= 15 is 0 Å². The summed E-state index contributed by atoms with van der Waals surface area (Å²) in [6, 6.07) is 6.27. The molecule has 1 aliphatic carbocycles. The van der Waals surface area contributed by atoms with Gasteiger partial charge in [0.1, 0.15) is 11.2 Å². The number of morpholine rings is 1. The predicted molar refractivity (Wildman–Crippen MR) is 106 cm³/mol. The van der Waals surface area contributed by atoms with E-state index in [1.165, 1.54) is 12.1 Å². The lowest BCUT2D eigenvalue weighted by molar-refractivity contribution is -0.384. The van der Waals surface area contributed by atoms with Crippen molar-refractivity contribution >= 4 is 23.3 Å². The second kappa shape index (κ2) is 9.54. The van der Waals surface area contributed by atoms with Gasteiger partial charge in [0.2, 0.25) is 0 Å². The van der Waals surface area contributed by atoms with Crippen LogP contribution in [0.15, 0.2) is 18.2 Å².